The van der Waals surface area contributed by atoms with Gasteiger partial charge in [-0.3, -0.25) is 9.69 Å². The summed E-state index contributed by atoms with van der Waals surface area (Å²) in [6.45, 7) is 5.04. The second kappa shape index (κ2) is 7.72. The van der Waals surface area contributed by atoms with E-state index in [0.717, 1.165) is 23.6 Å². The first-order chi connectivity index (χ1) is 15.3. The molecule has 1 amide bonds. The third-order valence-electron chi connectivity index (χ3n) is 5.76. The molecule has 7 nitrogen and oxygen atoms in total. The van der Waals surface area contributed by atoms with Crippen LogP contribution in [0.3, 0.4) is 0 Å². The van der Waals surface area contributed by atoms with Gasteiger partial charge in [0.15, 0.2) is 6.73 Å². The van der Waals surface area contributed by atoms with Crippen molar-refractivity contribution in [3.05, 3.63) is 70.1 Å². The monoisotopic (exact) mass is 453 g/mol. The minimum atomic E-state index is -0.608. The van der Waals surface area contributed by atoms with Gasteiger partial charge in [-0.2, -0.15) is 4.98 Å². The third kappa shape index (κ3) is 3.55. The molecule has 0 atom stereocenters. The molecule has 2 N–H and O–H groups in total. The number of hydrogen-bond donors (Lipinski definition) is 2. The van der Waals surface area contributed by atoms with Gasteiger partial charge < -0.3 is 15.4 Å². The van der Waals surface area contributed by atoms with Crippen LogP contribution in [0, 0.1) is 5.82 Å². The minimum absolute atomic E-state index is 0.0292. The summed E-state index contributed by atoms with van der Waals surface area (Å²) in [4.78, 5) is 22.7. The number of halogens is 2. The van der Waals surface area contributed by atoms with E-state index in [1.165, 1.54) is 35.5 Å². The first-order valence-electron chi connectivity index (χ1n) is 10.2. The van der Waals surface area contributed by atoms with Crippen LogP contribution in [0.25, 0.3) is 0 Å². The maximum absolute atomic E-state index is 14.3. The molecule has 2 aliphatic heterocycles. The van der Waals surface area contributed by atoms with E-state index in [2.05, 4.69) is 46.6 Å². The van der Waals surface area contributed by atoms with Crippen LogP contribution in [0.1, 0.15) is 35.3 Å². The molecule has 3 heterocycles. The number of aromatic nitrogens is 2. The molecule has 0 fully saturated rings. The number of nitrogens with zero attached hydrogens (tertiary/aromatic N) is 3. The molecule has 9 heteroatoms. The summed E-state index contributed by atoms with van der Waals surface area (Å²) in [6.07, 6.45) is 2.31. The predicted molar refractivity (Wildman–Crippen MR) is 120 cm³/mol. The fourth-order valence-electron chi connectivity index (χ4n) is 4.15. The van der Waals surface area contributed by atoms with Crippen molar-refractivity contribution in [2.24, 2.45) is 0 Å². The van der Waals surface area contributed by atoms with Gasteiger partial charge in [0.05, 0.1) is 5.02 Å². The van der Waals surface area contributed by atoms with Crippen LogP contribution >= 0.6 is 11.6 Å². The van der Waals surface area contributed by atoms with E-state index < -0.39 is 11.7 Å². The standard InChI is InChI=1S/C23H21ClFN5O2/c1-23(2)16-7-6-14(10-13(16)8-9-27-23)28-22-26-11-15-20(29-22)32-12-30(21(15)31)19-17(24)4-3-5-18(19)25/h3-7,10-11,27H,8-9,12H2,1-2H3,(H,26,28,29). The predicted octanol–water partition coefficient (Wildman–Crippen LogP) is 4.39. The molecule has 0 aliphatic carbocycles. The largest absolute Gasteiger partial charge is 0.455 e. The van der Waals surface area contributed by atoms with E-state index in [9.17, 15) is 9.18 Å². The first kappa shape index (κ1) is 20.7. The summed E-state index contributed by atoms with van der Waals surface area (Å²) in [5.41, 5.74) is 3.42. The van der Waals surface area contributed by atoms with Crippen molar-refractivity contribution in [3.63, 3.8) is 0 Å². The van der Waals surface area contributed by atoms with Gasteiger partial charge in [0.2, 0.25) is 11.8 Å². The lowest BCUT2D eigenvalue weighted by molar-refractivity contribution is 0.0931. The number of hydrogen-bond acceptors (Lipinski definition) is 6. The van der Waals surface area contributed by atoms with Crippen LogP contribution in [-0.4, -0.2) is 29.2 Å². The molecular weight excluding hydrogens is 433 g/mol. The van der Waals surface area contributed by atoms with Crippen molar-refractivity contribution in [1.29, 1.82) is 0 Å². The summed E-state index contributed by atoms with van der Waals surface area (Å²) in [5, 5.41) is 6.81. The van der Waals surface area contributed by atoms with Gasteiger partial charge in [-0.05, 0) is 62.2 Å². The highest BCUT2D eigenvalue weighted by Crippen LogP contribution is 2.34. The molecule has 0 unspecified atom stereocenters. The summed E-state index contributed by atoms with van der Waals surface area (Å²) in [7, 11) is 0. The number of carbonyl (C=O) groups is 1. The van der Waals surface area contributed by atoms with Crippen LogP contribution in [0.2, 0.25) is 5.02 Å². The molecule has 164 valence electrons. The van der Waals surface area contributed by atoms with Crippen molar-refractivity contribution >= 4 is 34.8 Å². The van der Waals surface area contributed by atoms with E-state index in [1.807, 2.05) is 6.07 Å². The summed E-state index contributed by atoms with van der Waals surface area (Å²) in [6, 6.07) is 10.4. The summed E-state index contributed by atoms with van der Waals surface area (Å²) >= 11 is 6.10. The van der Waals surface area contributed by atoms with E-state index in [-0.39, 0.29) is 34.4 Å². The third-order valence-corrected chi connectivity index (χ3v) is 6.07. The maximum atomic E-state index is 14.3. The number of fused-ring (bicyclic) bond motifs is 2. The molecule has 0 spiro atoms. The van der Waals surface area contributed by atoms with Crippen molar-refractivity contribution in [1.82, 2.24) is 15.3 Å². The molecule has 5 rings (SSSR count). The minimum Gasteiger partial charge on any atom is -0.455 e. The highest BCUT2D eigenvalue weighted by Gasteiger charge is 2.32. The van der Waals surface area contributed by atoms with Gasteiger partial charge in [0, 0.05) is 17.4 Å². The number of para-hydroxylation sites is 1. The van der Waals surface area contributed by atoms with E-state index in [4.69, 9.17) is 16.3 Å². The lowest BCUT2D eigenvalue weighted by Gasteiger charge is -2.34. The molecule has 32 heavy (non-hydrogen) atoms. The summed E-state index contributed by atoms with van der Waals surface area (Å²) < 4.78 is 19.9. The molecule has 2 aliphatic rings. The normalized spacial score (nSPS) is 16.8. The molecule has 0 radical (unpaired) electrons. The number of amides is 1. The smallest absolute Gasteiger partial charge is 0.268 e. The van der Waals surface area contributed by atoms with Crippen molar-refractivity contribution in [2.75, 3.05) is 23.5 Å². The molecule has 3 aromatic rings. The number of nitrogens with one attached hydrogen (secondary N) is 2. The van der Waals surface area contributed by atoms with Gasteiger partial charge in [-0.15, -0.1) is 0 Å². The topological polar surface area (TPSA) is 79.4 Å². The number of anilines is 3. The Labute approximate surface area is 189 Å². The van der Waals surface area contributed by atoms with Gasteiger partial charge in [-0.1, -0.05) is 23.7 Å². The molecule has 0 saturated heterocycles. The Hall–Kier alpha value is -3.23. The first-order valence-corrected chi connectivity index (χ1v) is 10.6. The van der Waals surface area contributed by atoms with Crippen LogP contribution < -0.4 is 20.3 Å². The molecule has 1 aromatic heterocycles. The lowest BCUT2D eigenvalue weighted by Crippen LogP contribution is -2.42. The van der Waals surface area contributed by atoms with E-state index in [0.29, 0.717) is 5.95 Å². The Morgan fingerprint density at radius 1 is 1.28 bits per heavy atom. The van der Waals surface area contributed by atoms with Crippen molar-refractivity contribution in [3.8, 4) is 5.88 Å². The molecular formula is C23H21ClFN5O2. The van der Waals surface area contributed by atoms with Crippen LogP contribution in [0.4, 0.5) is 21.7 Å². The Kier molecular flexibility index (Phi) is 4.98. The van der Waals surface area contributed by atoms with Crippen LogP contribution in [-0.2, 0) is 12.0 Å². The Morgan fingerprint density at radius 2 is 2.12 bits per heavy atom. The SMILES string of the molecule is CC1(C)NCCc2cc(Nc3ncc4c(n3)OCN(c3c(F)cccc3Cl)C4=O)ccc21. The van der Waals surface area contributed by atoms with Crippen LogP contribution in [0.15, 0.2) is 42.6 Å². The second-order valence-electron chi connectivity index (χ2n) is 8.29. The van der Waals surface area contributed by atoms with E-state index >= 15 is 0 Å². The lowest BCUT2D eigenvalue weighted by atomic mass is 9.85. The van der Waals surface area contributed by atoms with Gasteiger partial charge in [0.25, 0.3) is 5.91 Å². The van der Waals surface area contributed by atoms with E-state index in [1.54, 1.807) is 0 Å². The van der Waals surface area contributed by atoms with Crippen LogP contribution in [0.5, 0.6) is 5.88 Å². The van der Waals surface area contributed by atoms with Crippen molar-refractivity contribution in [2.45, 2.75) is 25.8 Å². The highest BCUT2D eigenvalue weighted by atomic mass is 35.5. The number of ether oxygens (including phenoxy) is 1. The number of carbonyl (C=O) groups excluding carboxylic acids is 1. The quantitative estimate of drug-likeness (QED) is 0.612. The molecule has 2 aromatic carbocycles. The molecule has 0 saturated carbocycles. The fraction of sp³-hybridized carbons (Fsp3) is 0.261. The Bertz CT molecular complexity index is 1210. The summed E-state index contributed by atoms with van der Waals surface area (Å²) in [5.74, 6) is -0.641. The second-order valence-corrected chi connectivity index (χ2v) is 8.70. The number of benzene rings is 2. The zero-order valence-corrected chi connectivity index (χ0v) is 18.3. The van der Waals surface area contributed by atoms with Gasteiger partial charge in [0.1, 0.15) is 17.1 Å². The highest BCUT2D eigenvalue weighted by molar-refractivity contribution is 6.34. The Morgan fingerprint density at radius 3 is 2.94 bits per heavy atom. The van der Waals surface area contributed by atoms with Gasteiger partial charge in [-0.25, -0.2) is 9.37 Å². The average Bonchev–Trinajstić information content (AvgIpc) is 2.75. The fourth-order valence-corrected chi connectivity index (χ4v) is 4.41. The van der Waals surface area contributed by atoms with Crippen molar-refractivity contribution < 1.29 is 13.9 Å². The zero-order valence-electron chi connectivity index (χ0n) is 17.6. The molecule has 0 bridgehead atoms. The zero-order chi connectivity index (χ0) is 22.5. The maximum Gasteiger partial charge on any atom is 0.268 e. The average molecular weight is 454 g/mol. The Balaban J connectivity index is 1.40. The number of rotatable bonds is 3. The van der Waals surface area contributed by atoms with Gasteiger partial charge >= 0.3 is 0 Å².